The molecule has 0 saturated carbocycles. The summed E-state index contributed by atoms with van der Waals surface area (Å²) in [6, 6.07) is 6.79. The van der Waals surface area contributed by atoms with Gasteiger partial charge in [0.2, 0.25) is 5.91 Å². The number of hydrogen-bond donors (Lipinski definition) is 4. The summed E-state index contributed by atoms with van der Waals surface area (Å²) < 4.78 is 4.74. The van der Waals surface area contributed by atoms with Crippen LogP contribution >= 0.6 is 0 Å². The summed E-state index contributed by atoms with van der Waals surface area (Å²) in [5, 5.41) is 20.3. The van der Waals surface area contributed by atoms with Gasteiger partial charge in [-0.1, -0.05) is 18.2 Å². The first kappa shape index (κ1) is 20.2. The second-order valence-corrected chi connectivity index (χ2v) is 6.14. The SMILES string of the molecule is NC(CCC(=O)O)C(=O)N1CC(NC(=O)c2ccccc2)CC1OC(=O)O. The molecule has 2 amide bonds. The van der Waals surface area contributed by atoms with Crippen LogP contribution in [0.4, 0.5) is 4.79 Å². The Hall–Kier alpha value is -3.14. The zero-order chi connectivity index (χ0) is 20.0. The first-order valence-corrected chi connectivity index (χ1v) is 8.31. The third-order valence-electron chi connectivity index (χ3n) is 4.13. The maximum atomic E-state index is 12.5. The van der Waals surface area contributed by atoms with Crippen molar-refractivity contribution in [1.82, 2.24) is 10.2 Å². The number of nitrogens with one attached hydrogen (secondary N) is 1. The van der Waals surface area contributed by atoms with E-state index in [1.807, 2.05) is 0 Å². The lowest BCUT2D eigenvalue weighted by Crippen LogP contribution is -2.48. The minimum Gasteiger partial charge on any atom is -0.481 e. The zero-order valence-corrected chi connectivity index (χ0v) is 14.4. The van der Waals surface area contributed by atoms with Gasteiger partial charge in [-0.3, -0.25) is 14.4 Å². The summed E-state index contributed by atoms with van der Waals surface area (Å²) in [4.78, 5) is 47.4. The molecule has 1 heterocycles. The minimum atomic E-state index is -1.56. The molecule has 1 aliphatic heterocycles. The molecule has 2 rings (SSSR count). The molecular formula is C17H21N3O7. The summed E-state index contributed by atoms with van der Waals surface area (Å²) >= 11 is 0. The van der Waals surface area contributed by atoms with E-state index >= 15 is 0 Å². The van der Waals surface area contributed by atoms with Crippen molar-refractivity contribution in [2.24, 2.45) is 5.73 Å². The highest BCUT2D eigenvalue weighted by atomic mass is 16.7. The van der Waals surface area contributed by atoms with Crippen molar-refractivity contribution in [2.45, 2.75) is 37.6 Å². The van der Waals surface area contributed by atoms with E-state index in [-0.39, 0.29) is 31.7 Å². The van der Waals surface area contributed by atoms with Crippen LogP contribution in [0.25, 0.3) is 0 Å². The fourth-order valence-corrected chi connectivity index (χ4v) is 2.84. The van der Waals surface area contributed by atoms with Gasteiger partial charge in [-0.25, -0.2) is 4.79 Å². The number of aliphatic carboxylic acids is 1. The highest BCUT2D eigenvalue weighted by Crippen LogP contribution is 2.21. The summed E-state index contributed by atoms with van der Waals surface area (Å²) in [7, 11) is 0. The number of rotatable bonds is 7. The molecule has 5 N–H and O–H groups in total. The zero-order valence-electron chi connectivity index (χ0n) is 14.4. The summed E-state index contributed by atoms with van der Waals surface area (Å²) in [5.74, 6) is -2.08. The van der Waals surface area contributed by atoms with E-state index in [9.17, 15) is 19.2 Å². The number of carbonyl (C=O) groups excluding carboxylic acids is 2. The van der Waals surface area contributed by atoms with E-state index in [1.165, 1.54) is 0 Å². The maximum Gasteiger partial charge on any atom is 0.507 e. The van der Waals surface area contributed by atoms with Gasteiger partial charge >= 0.3 is 12.1 Å². The summed E-state index contributed by atoms with van der Waals surface area (Å²) in [6.45, 7) is 0.0100. The lowest BCUT2D eigenvalue weighted by Gasteiger charge is -2.25. The maximum absolute atomic E-state index is 12.5. The number of carboxylic acids is 1. The van der Waals surface area contributed by atoms with Gasteiger partial charge < -0.3 is 30.9 Å². The van der Waals surface area contributed by atoms with Crippen LogP contribution in [0.3, 0.4) is 0 Å². The fraction of sp³-hybridized carbons (Fsp3) is 0.412. The third-order valence-corrected chi connectivity index (χ3v) is 4.13. The molecule has 1 fully saturated rings. The molecular weight excluding hydrogens is 358 g/mol. The number of benzene rings is 1. The lowest BCUT2D eigenvalue weighted by atomic mass is 10.1. The normalized spacial score (nSPS) is 20.0. The molecule has 1 aromatic rings. The van der Waals surface area contributed by atoms with Crippen molar-refractivity contribution < 1.29 is 34.1 Å². The molecule has 3 unspecified atom stereocenters. The van der Waals surface area contributed by atoms with E-state index in [2.05, 4.69) is 5.32 Å². The molecule has 27 heavy (non-hydrogen) atoms. The number of nitrogens with two attached hydrogens (primary N) is 1. The number of amides is 2. The van der Waals surface area contributed by atoms with E-state index in [0.29, 0.717) is 5.56 Å². The minimum absolute atomic E-state index is 0.0100. The van der Waals surface area contributed by atoms with Crippen LogP contribution in [0, 0.1) is 0 Å². The van der Waals surface area contributed by atoms with Gasteiger partial charge in [-0.05, 0) is 18.6 Å². The number of carboxylic acid groups (broad SMARTS) is 2. The standard InChI is InChI=1S/C17H21N3O7/c18-12(6-7-14(21)22)16(24)20-9-11(8-13(20)27-17(25)26)19-15(23)10-4-2-1-3-5-10/h1-5,11-13H,6-9,18H2,(H,19,23)(H,21,22)(H,25,26). The number of nitrogens with zero attached hydrogens (tertiary/aromatic N) is 1. The molecule has 10 heteroatoms. The van der Waals surface area contributed by atoms with Crippen LogP contribution in [0.1, 0.15) is 29.6 Å². The largest absolute Gasteiger partial charge is 0.507 e. The molecule has 1 aromatic carbocycles. The van der Waals surface area contributed by atoms with Gasteiger partial charge in [0, 0.05) is 24.9 Å². The Labute approximate surface area is 154 Å². The van der Waals surface area contributed by atoms with E-state index < -0.39 is 36.3 Å². The molecule has 1 saturated heterocycles. The van der Waals surface area contributed by atoms with Gasteiger partial charge in [0.1, 0.15) is 0 Å². The van der Waals surface area contributed by atoms with E-state index in [0.717, 1.165) is 4.90 Å². The Bertz CT molecular complexity index is 710. The van der Waals surface area contributed by atoms with Crippen LogP contribution in [0.15, 0.2) is 30.3 Å². The number of likely N-dealkylation sites (tertiary alicyclic amines) is 1. The van der Waals surface area contributed by atoms with Crippen molar-refractivity contribution in [2.75, 3.05) is 6.54 Å². The Kier molecular flexibility index (Phi) is 6.72. The number of hydrogen-bond acceptors (Lipinski definition) is 6. The number of ether oxygens (including phenoxy) is 1. The Morgan fingerprint density at radius 1 is 1.22 bits per heavy atom. The van der Waals surface area contributed by atoms with Crippen molar-refractivity contribution in [1.29, 1.82) is 0 Å². The average molecular weight is 379 g/mol. The van der Waals surface area contributed by atoms with Crippen LogP contribution in [-0.2, 0) is 14.3 Å². The Morgan fingerprint density at radius 3 is 2.48 bits per heavy atom. The van der Waals surface area contributed by atoms with Crippen LogP contribution < -0.4 is 11.1 Å². The first-order valence-electron chi connectivity index (χ1n) is 8.31. The Morgan fingerprint density at radius 2 is 1.89 bits per heavy atom. The monoisotopic (exact) mass is 379 g/mol. The smallest absolute Gasteiger partial charge is 0.481 e. The van der Waals surface area contributed by atoms with Gasteiger partial charge in [0.15, 0.2) is 6.23 Å². The summed E-state index contributed by atoms with van der Waals surface area (Å²) in [6.07, 6.45) is -2.98. The molecule has 0 aromatic heterocycles. The molecule has 10 nitrogen and oxygen atoms in total. The average Bonchev–Trinajstić information content (AvgIpc) is 3.01. The predicted molar refractivity (Wildman–Crippen MR) is 91.8 cm³/mol. The quantitative estimate of drug-likeness (QED) is 0.490. The first-order chi connectivity index (χ1) is 12.8. The molecule has 0 radical (unpaired) electrons. The second-order valence-electron chi connectivity index (χ2n) is 6.14. The highest BCUT2D eigenvalue weighted by molar-refractivity contribution is 5.94. The predicted octanol–water partition coefficient (Wildman–Crippen LogP) is 0.230. The van der Waals surface area contributed by atoms with Crippen molar-refractivity contribution in [3.05, 3.63) is 35.9 Å². The van der Waals surface area contributed by atoms with Gasteiger partial charge in [-0.2, -0.15) is 0 Å². The highest BCUT2D eigenvalue weighted by Gasteiger charge is 2.40. The lowest BCUT2D eigenvalue weighted by molar-refractivity contribution is -0.141. The molecule has 0 spiro atoms. The van der Waals surface area contributed by atoms with Crippen LogP contribution in [0.2, 0.25) is 0 Å². The fourth-order valence-electron chi connectivity index (χ4n) is 2.84. The molecule has 0 aliphatic carbocycles. The molecule has 146 valence electrons. The van der Waals surface area contributed by atoms with E-state index in [1.54, 1.807) is 30.3 Å². The molecule has 0 bridgehead atoms. The topological polar surface area (TPSA) is 159 Å². The molecule has 1 aliphatic rings. The van der Waals surface area contributed by atoms with Crippen LogP contribution in [0.5, 0.6) is 0 Å². The van der Waals surface area contributed by atoms with Gasteiger partial charge in [0.05, 0.1) is 12.1 Å². The van der Waals surface area contributed by atoms with Crippen molar-refractivity contribution in [3.8, 4) is 0 Å². The van der Waals surface area contributed by atoms with Crippen LogP contribution in [-0.4, -0.2) is 63.9 Å². The Balaban J connectivity index is 2.04. The molecule has 3 atom stereocenters. The van der Waals surface area contributed by atoms with Gasteiger partial charge in [0.25, 0.3) is 5.91 Å². The van der Waals surface area contributed by atoms with Crippen molar-refractivity contribution in [3.63, 3.8) is 0 Å². The van der Waals surface area contributed by atoms with E-state index in [4.69, 9.17) is 20.7 Å². The van der Waals surface area contributed by atoms with Crippen molar-refractivity contribution >= 4 is 23.9 Å². The summed E-state index contributed by atoms with van der Waals surface area (Å²) in [5.41, 5.74) is 6.16. The van der Waals surface area contributed by atoms with Gasteiger partial charge in [-0.15, -0.1) is 0 Å². The number of carbonyl (C=O) groups is 4. The second kappa shape index (κ2) is 8.99. The third kappa shape index (κ3) is 5.68.